The van der Waals surface area contributed by atoms with Crippen LogP contribution in [0.25, 0.3) is 0 Å². The molecule has 21 heteroatoms. The lowest BCUT2D eigenvalue weighted by atomic mass is 9.87. The molecule has 18 nitrogen and oxygen atoms in total. The van der Waals surface area contributed by atoms with Gasteiger partial charge in [0.2, 0.25) is 0 Å². The molecule has 7 N–H and O–H groups in total. The number of rotatable bonds is 26. The molecule has 7 atom stereocenters. The molecule has 1 saturated carbocycles. The molecule has 56 heavy (non-hydrogen) atoms. The monoisotopic (exact) mass is 854 g/mol. The number of hydrogen-bond donors (Lipinski definition) is 7. The van der Waals surface area contributed by atoms with E-state index in [1.54, 1.807) is 6.92 Å². The largest absolute Gasteiger partial charge is 0.472 e. The number of carbonyl (C=O) groups excluding carboxylic acids is 2. The Balaban J connectivity index is 2.84. The topological polar surface area (TPSA) is 282 Å². The van der Waals surface area contributed by atoms with Crippen molar-refractivity contribution in [3.8, 4) is 47.4 Å². The molecule has 0 bridgehead atoms. The van der Waals surface area contributed by atoms with Crippen LogP contribution < -0.4 is 0 Å². The maximum absolute atomic E-state index is 12.9. The van der Waals surface area contributed by atoms with Gasteiger partial charge in [-0.05, 0) is 48.9 Å². The molecule has 1 rings (SSSR count). The van der Waals surface area contributed by atoms with Gasteiger partial charge in [0.05, 0.1) is 6.61 Å². The van der Waals surface area contributed by atoms with Crippen molar-refractivity contribution in [2.75, 3.05) is 13.2 Å². The Labute approximate surface area is 327 Å². The van der Waals surface area contributed by atoms with Crippen LogP contribution in [-0.2, 0) is 50.9 Å². The van der Waals surface area contributed by atoms with Gasteiger partial charge < -0.3 is 44.2 Å². The van der Waals surface area contributed by atoms with Gasteiger partial charge in [0, 0.05) is 18.8 Å². The molecule has 0 radical (unpaired) electrons. The normalized spacial score (nSPS) is 20.9. The molecule has 0 aromatic rings. The van der Waals surface area contributed by atoms with Crippen molar-refractivity contribution in [2.45, 2.75) is 147 Å². The van der Waals surface area contributed by atoms with E-state index in [9.17, 15) is 48.2 Å². The van der Waals surface area contributed by atoms with Crippen molar-refractivity contribution in [1.82, 2.24) is 0 Å². The van der Waals surface area contributed by atoms with Gasteiger partial charge in [-0.3, -0.25) is 22.9 Å². The lowest BCUT2D eigenvalue weighted by Crippen LogP contribution is -2.57. The van der Waals surface area contributed by atoms with E-state index in [0.29, 0.717) is 6.42 Å². The van der Waals surface area contributed by atoms with Crippen LogP contribution in [-0.4, -0.2) is 96.5 Å². The van der Waals surface area contributed by atoms with E-state index in [-0.39, 0.29) is 6.42 Å². The predicted molar refractivity (Wildman–Crippen MR) is 199 cm³/mol. The first kappa shape index (κ1) is 51.4. The van der Waals surface area contributed by atoms with Gasteiger partial charge in [0.1, 0.15) is 37.1 Å². The number of hydrogen-bond acceptors (Lipinski definition) is 13. The second-order valence-corrected chi connectivity index (χ2v) is 16.4. The number of phosphoric acid groups is 3. The molecule has 0 aromatic carbocycles. The van der Waals surface area contributed by atoms with Crippen molar-refractivity contribution in [3.05, 3.63) is 0 Å². The van der Waals surface area contributed by atoms with E-state index < -0.39 is 91.7 Å². The fourth-order valence-electron chi connectivity index (χ4n) is 5.31. The SMILES string of the molecule is CC#CC#CC#CC#CC(=O)OC[C@H](COP(=O)(O)OC1C[C@@H](OP(=O)(O)O)C(OP(=O)(O)O)[C@H](O)C1O)OC(=O)CCCCCCCCCCCCCCC. The fourth-order valence-corrected chi connectivity index (χ4v) is 7.42. The van der Waals surface area contributed by atoms with Crippen LogP contribution in [0.4, 0.5) is 0 Å². The summed E-state index contributed by atoms with van der Waals surface area (Å²) in [6.07, 6.45) is 0.828. The molecule has 0 amide bonds. The number of phosphoric ester groups is 3. The van der Waals surface area contributed by atoms with Crippen LogP contribution in [0.2, 0.25) is 0 Å². The van der Waals surface area contributed by atoms with Gasteiger partial charge in [-0.1, -0.05) is 89.9 Å². The molecule has 4 unspecified atom stereocenters. The van der Waals surface area contributed by atoms with Gasteiger partial charge in [-0.2, -0.15) is 0 Å². The van der Waals surface area contributed by atoms with E-state index in [4.69, 9.17) is 28.3 Å². The van der Waals surface area contributed by atoms with E-state index in [2.05, 4.69) is 63.3 Å². The Hall–Kier alpha value is -2.57. The van der Waals surface area contributed by atoms with Gasteiger partial charge in [0.25, 0.3) is 0 Å². The smallest absolute Gasteiger partial charge is 0.456 e. The summed E-state index contributed by atoms with van der Waals surface area (Å²) in [5, 5.41) is 20.9. The third kappa shape index (κ3) is 25.6. The van der Waals surface area contributed by atoms with Crippen LogP contribution in [0.5, 0.6) is 0 Å². The maximum Gasteiger partial charge on any atom is 0.472 e. The molecule has 0 aromatic heterocycles. The minimum absolute atomic E-state index is 0.0285. The molecule has 0 saturated heterocycles. The lowest BCUT2D eigenvalue weighted by Gasteiger charge is -2.41. The highest BCUT2D eigenvalue weighted by molar-refractivity contribution is 7.47. The van der Waals surface area contributed by atoms with Gasteiger partial charge in [-0.25, -0.2) is 18.5 Å². The predicted octanol–water partition coefficient (Wildman–Crippen LogP) is 3.54. The first-order chi connectivity index (χ1) is 26.4. The second-order valence-electron chi connectivity index (χ2n) is 12.6. The van der Waals surface area contributed by atoms with Crippen molar-refractivity contribution >= 4 is 35.4 Å². The standard InChI is InChI=1S/C35H53O18P3/c1-3-5-7-9-11-12-13-14-15-16-18-20-22-24-32(37)50-28(26-48-31(36)23-21-19-17-10-8-6-4-2)27-49-56(46,47)52-29-25-30(51-54(40,41)42)35(34(39)33(29)38)53-55(43,44)45/h28-30,33-35,38-39H,3,5,7,9,11-16,18,20,22,24-27H2,1-2H3,(H,46,47)(H2,40,41,42)(H2,43,44,45)/t28-,29?,30-,33?,34-,35?/m1/s1. The van der Waals surface area contributed by atoms with Crippen LogP contribution in [0.3, 0.4) is 0 Å². The third-order valence-corrected chi connectivity index (χ3v) is 9.98. The zero-order chi connectivity index (χ0) is 42.0. The fraction of sp³-hybridized carbons (Fsp3) is 0.714. The van der Waals surface area contributed by atoms with Crippen molar-refractivity contribution < 1.29 is 85.5 Å². The molecule has 316 valence electrons. The summed E-state index contributed by atoms with van der Waals surface area (Å²) >= 11 is 0. The Bertz CT molecular complexity index is 1610. The maximum atomic E-state index is 12.9. The highest BCUT2D eigenvalue weighted by Gasteiger charge is 2.51. The van der Waals surface area contributed by atoms with Gasteiger partial charge in [0.15, 0.2) is 6.10 Å². The summed E-state index contributed by atoms with van der Waals surface area (Å²) in [6, 6.07) is 0. The minimum atomic E-state index is -5.42. The minimum Gasteiger partial charge on any atom is -0.456 e. The van der Waals surface area contributed by atoms with Crippen LogP contribution in [0.15, 0.2) is 0 Å². The molecule has 1 fully saturated rings. The number of ether oxygens (including phenoxy) is 2. The van der Waals surface area contributed by atoms with Gasteiger partial charge in [-0.15, -0.1) is 0 Å². The van der Waals surface area contributed by atoms with Crippen molar-refractivity contribution in [1.29, 1.82) is 0 Å². The number of esters is 2. The quantitative estimate of drug-likeness (QED) is 0.0215. The lowest BCUT2D eigenvalue weighted by molar-refractivity contribution is -0.168. The van der Waals surface area contributed by atoms with Gasteiger partial charge >= 0.3 is 35.4 Å². The van der Waals surface area contributed by atoms with Crippen molar-refractivity contribution in [3.63, 3.8) is 0 Å². The molecule has 0 aliphatic heterocycles. The second kappa shape index (κ2) is 28.0. The van der Waals surface area contributed by atoms with Crippen LogP contribution in [0, 0.1) is 47.4 Å². The van der Waals surface area contributed by atoms with E-state index in [1.807, 2.05) is 0 Å². The van der Waals surface area contributed by atoms with Crippen LogP contribution in [0.1, 0.15) is 110 Å². The summed E-state index contributed by atoms with van der Waals surface area (Å²) in [4.78, 5) is 72.0. The summed E-state index contributed by atoms with van der Waals surface area (Å²) in [5.74, 6) is 16.8. The van der Waals surface area contributed by atoms with Crippen molar-refractivity contribution in [2.24, 2.45) is 0 Å². The average Bonchev–Trinajstić information content (AvgIpc) is 3.10. The third-order valence-electron chi connectivity index (χ3n) is 7.91. The highest BCUT2D eigenvalue weighted by atomic mass is 31.2. The number of carbonyl (C=O) groups is 2. The Morgan fingerprint density at radius 1 is 0.661 bits per heavy atom. The molecular formula is C35H53O18P3. The molecule has 0 spiro atoms. The zero-order valence-electron chi connectivity index (χ0n) is 31.4. The summed E-state index contributed by atoms with van der Waals surface area (Å²) in [6.45, 7) is 2.14. The summed E-state index contributed by atoms with van der Waals surface area (Å²) < 4.78 is 64.7. The van der Waals surface area contributed by atoms with Crippen LogP contribution >= 0.6 is 23.5 Å². The first-order valence-electron chi connectivity index (χ1n) is 18.2. The number of aliphatic hydroxyl groups is 2. The number of unbranched alkanes of at least 4 members (excludes halogenated alkanes) is 12. The average molecular weight is 855 g/mol. The summed E-state index contributed by atoms with van der Waals surface area (Å²) in [7, 11) is -16.1. The first-order valence-corrected chi connectivity index (χ1v) is 22.7. The Morgan fingerprint density at radius 2 is 1.18 bits per heavy atom. The van der Waals surface area contributed by atoms with E-state index in [1.165, 1.54) is 44.9 Å². The highest BCUT2D eigenvalue weighted by Crippen LogP contribution is 2.51. The molecular weight excluding hydrogens is 801 g/mol. The Morgan fingerprint density at radius 3 is 1.71 bits per heavy atom. The van der Waals surface area contributed by atoms with E-state index in [0.717, 1.165) is 32.1 Å². The molecule has 1 aliphatic carbocycles. The van der Waals surface area contributed by atoms with E-state index >= 15 is 0 Å². The molecule has 1 aliphatic rings. The number of aliphatic hydroxyl groups excluding tert-OH is 2. The Kier molecular flexibility index (Phi) is 25.7. The summed E-state index contributed by atoms with van der Waals surface area (Å²) in [5.41, 5.74) is 0. The molecule has 0 heterocycles. The zero-order valence-corrected chi connectivity index (χ0v) is 34.1.